The summed E-state index contributed by atoms with van der Waals surface area (Å²) in [5.41, 5.74) is 16.7. The molecule has 10 rings (SSSR count). The summed E-state index contributed by atoms with van der Waals surface area (Å²) in [5, 5.41) is 2.32. The smallest absolute Gasteiger partial charge is 0.136 e. The number of hydrogen-bond donors (Lipinski definition) is 0. The van der Waals surface area contributed by atoms with Crippen LogP contribution in [0.2, 0.25) is 18.6 Å². The molecule has 0 fully saturated rings. The maximum atomic E-state index is 6.37. The highest BCUT2D eigenvalue weighted by Gasteiger charge is 2.36. The minimum atomic E-state index is -0.879. The molecule has 2 unspecified atom stereocenters. The van der Waals surface area contributed by atoms with Crippen LogP contribution in [0.5, 0.6) is 0 Å². The third kappa shape index (κ3) is 4.63. The molecule has 3 heterocycles. The molecule has 6 aromatic rings. The van der Waals surface area contributed by atoms with E-state index in [9.17, 15) is 0 Å². The van der Waals surface area contributed by atoms with Crippen molar-refractivity contribution in [2.75, 3.05) is 9.80 Å². The zero-order valence-electron chi connectivity index (χ0n) is 28.4. The topological polar surface area (TPSA) is 19.6 Å². The Morgan fingerprint density at radius 3 is 2.32 bits per heavy atom. The van der Waals surface area contributed by atoms with Gasteiger partial charge in [-0.25, -0.2) is 0 Å². The fourth-order valence-corrected chi connectivity index (χ4v) is 9.81. The first kappa shape index (κ1) is 29.3. The molecular formula is C46H38N2OSi. The van der Waals surface area contributed by atoms with Gasteiger partial charge in [-0.15, -0.1) is 0 Å². The minimum absolute atomic E-state index is 0.322. The van der Waals surface area contributed by atoms with Crippen LogP contribution in [0.1, 0.15) is 41.0 Å². The Morgan fingerprint density at radius 1 is 0.640 bits per heavy atom. The van der Waals surface area contributed by atoms with Gasteiger partial charge in [-0.1, -0.05) is 104 Å². The number of nitrogens with zero attached hydrogens (tertiary/aromatic N) is 2. The molecule has 0 saturated carbocycles. The molecule has 50 heavy (non-hydrogen) atoms. The predicted molar refractivity (Wildman–Crippen MR) is 214 cm³/mol. The van der Waals surface area contributed by atoms with Crippen LogP contribution in [0, 0.1) is 0 Å². The van der Waals surface area contributed by atoms with Crippen LogP contribution in [-0.2, 0) is 0 Å². The number of para-hydroxylation sites is 3. The molecule has 4 aliphatic rings. The zero-order valence-corrected chi connectivity index (χ0v) is 29.5. The molecule has 0 bridgehead atoms. The number of benzene rings is 5. The van der Waals surface area contributed by atoms with Crippen molar-refractivity contribution in [1.82, 2.24) is 0 Å². The second-order valence-corrected chi connectivity index (χ2v) is 17.7. The summed E-state index contributed by atoms with van der Waals surface area (Å²) < 4.78 is 6.37. The van der Waals surface area contributed by atoms with E-state index in [1.165, 1.54) is 62.0 Å². The van der Waals surface area contributed by atoms with E-state index in [0.29, 0.717) is 11.5 Å². The van der Waals surface area contributed by atoms with Crippen LogP contribution in [0.4, 0.5) is 22.7 Å². The summed E-state index contributed by atoms with van der Waals surface area (Å²) in [6, 6.07) is 39.8. The summed E-state index contributed by atoms with van der Waals surface area (Å²) >= 11 is 0. The average Bonchev–Trinajstić information content (AvgIpc) is 3.64. The normalized spacial score (nSPS) is 19.1. The molecule has 0 radical (unpaired) electrons. The lowest BCUT2D eigenvalue weighted by atomic mass is 9.84. The van der Waals surface area contributed by atoms with Gasteiger partial charge in [-0.05, 0) is 101 Å². The van der Waals surface area contributed by atoms with Crippen molar-refractivity contribution in [2.45, 2.75) is 37.4 Å². The molecule has 0 saturated heterocycles. The third-order valence-electron chi connectivity index (χ3n) is 11.1. The van der Waals surface area contributed by atoms with E-state index in [2.05, 4.69) is 169 Å². The van der Waals surface area contributed by atoms with Crippen LogP contribution in [-0.4, -0.2) is 8.80 Å². The van der Waals surface area contributed by atoms with Crippen molar-refractivity contribution in [3.8, 4) is 0 Å². The Labute approximate surface area is 295 Å². The summed E-state index contributed by atoms with van der Waals surface area (Å²) in [6.45, 7) is 4.94. The summed E-state index contributed by atoms with van der Waals surface area (Å²) in [4.78, 5) is 4.99. The van der Waals surface area contributed by atoms with Crippen molar-refractivity contribution >= 4 is 71.2 Å². The van der Waals surface area contributed by atoms with Gasteiger partial charge in [0.25, 0.3) is 0 Å². The Kier molecular flexibility index (Phi) is 6.75. The van der Waals surface area contributed by atoms with E-state index in [-0.39, 0.29) is 0 Å². The quantitative estimate of drug-likeness (QED) is 0.175. The maximum Gasteiger partial charge on any atom is 0.136 e. The van der Waals surface area contributed by atoms with Crippen molar-refractivity contribution in [3.63, 3.8) is 0 Å². The van der Waals surface area contributed by atoms with E-state index in [0.717, 1.165) is 34.8 Å². The van der Waals surface area contributed by atoms with Gasteiger partial charge < -0.3 is 14.2 Å². The Bertz CT molecular complexity index is 2490. The molecular weight excluding hydrogens is 625 g/mol. The number of allylic oxidation sites excluding steroid dienone is 8. The van der Waals surface area contributed by atoms with Crippen molar-refractivity contribution in [1.29, 1.82) is 0 Å². The Morgan fingerprint density at radius 2 is 1.44 bits per heavy atom. The van der Waals surface area contributed by atoms with Gasteiger partial charge in [-0.3, -0.25) is 0 Å². The molecule has 4 heteroatoms. The van der Waals surface area contributed by atoms with Gasteiger partial charge in [0.1, 0.15) is 11.2 Å². The first-order chi connectivity index (χ1) is 24.6. The van der Waals surface area contributed by atoms with Crippen LogP contribution in [0.15, 0.2) is 155 Å². The largest absolute Gasteiger partial charge is 0.456 e. The van der Waals surface area contributed by atoms with Crippen LogP contribution >= 0.6 is 0 Å². The molecule has 242 valence electrons. The molecule has 5 aromatic carbocycles. The molecule has 3 nitrogen and oxygen atoms in total. The lowest BCUT2D eigenvalue weighted by molar-refractivity contribution is 0.669. The Hall–Kier alpha value is -5.58. The number of rotatable bonds is 4. The second kappa shape index (κ2) is 11.5. The summed E-state index contributed by atoms with van der Waals surface area (Å²) in [6.07, 6.45) is 18.4. The maximum absolute atomic E-state index is 6.37. The monoisotopic (exact) mass is 662 g/mol. The predicted octanol–water partition coefficient (Wildman–Crippen LogP) is 12.5. The van der Waals surface area contributed by atoms with Gasteiger partial charge in [0.05, 0.1) is 11.4 Å². The SMILES string of the molecule is C[SiH](C)C1C=CC=C(N2c3ccc(C4=CC=C5C(C4)c4ccccc4N5c4ccccc4)cc3C=Cc3cc4oc5ccccc5c4cc32)C1. The molecule has 0 amide bonds. The van der Waals surface area contributed by atoms with E-state index < -0.39 is 8.80 Å². The highest BCUT2D eigenvalue weighted by Crippen LogP contribution is 2.53. The number of anilines is 4. The molecule has 1 aromatic heterocycles. The van der Waals surface area contributed by atoms with E-state index in [1.807, 2.05) is 6.07 Å². The standard InChI is InChI=1S/C46H38N2OSi/c1-50(2)36-14-10-13-35(28-36)48-41-23-21-30(25-32(41)19-20-33-27-46-40(29-44(33)48)38-16-7-9-18-45(38)49-46)31-22-24-43-39(26-31)37-15-6-8-17-42(37)47(43)34-11-4-3-5-12-34/h3-25,27,29,36,39,50H,26,28H2,1-2H3. The third-order valence-corrected chi connectivity index (χ3v) is 13.3. The summed E-state index contributed by atoms with van der Waals surface area (Å²) in [7, 11) is -0.879. The van der Waals surface area contributed by atoms with Crippen molar-refractivity contribution in [3.05, 3.63) is 173 Å². The van der Waals surface area contributed by atoms with Gasteiger partial charge >= 0.3 is 0 Å². The van der Waals surface area contributed by atoms with Gasteiger partial charge in [-0.2, -0.15) is 0 Å². The molecule has 2 atom stereocenters. The van der Waals surface area contributed by atoms with Gasteiger partial charge in [0, 0.05) is 53.8 Å². The molecule has 2 aliphatic heterocycles. The van der Waals surface area contributed by atoms with Crippen LogP contribution in [0.25, 0.3) is 39.7 Å². The van der Waals surface area contributed by atoms with E-state index >= 15 is 0 Å². The van der Waals surface area contributed by atoms with Crippen molar-refractivity contribution in [2.24, 2.45) is 0 Å². The zero-order chi connectivity index (χ0) is 33.3. The van der Waals surface area contributed by atoms with Gasteiger partial charge in [0.15, 0.2) is 0 Å². The lowest BCUT2D eigenvalue weighted by Gasteiger charge is -2.33. The number of fused-ring (bicyclic) bond motifs is 8. The first-order valence-electron chi connectivity index (χ1n) is 17.9. The molecule has 2 aliphatic carbocycles. The highest BCUT2D eigenvalue weighted by molar-refractivity contribution is 6.58. The average molecular weight is 663 g/mol. The second-order valence-electron chi connectivity index (χ2n) is 14.4. The summed E-state index contributed by atoms with van der Waals surface area (Å²) in [5.74, 6) is 0.322. The minimum Gasteiger partial charge on any atom is -0.456 e. The van der Waals surface area contributed by atoms with Crippen molar-refractivity contribution < 1.29 is 4.42 Å². The number of furan rings is 1. The fourth-order valence-electron chi connectivity index (χ4n) is 8.52. The molecule has 0 N–H and O–H groups in total. The van der Waals surface area contributed by atoms with E-state index in [1.54, 1.807) is 0 Å². The highest BCUT2D eigenvalue weighted by atomic mass is 28.3. The van der Waals surface area contributed by atoms with Crippen LogP contribution in [0.3, 0.4) is 0 Å². The fraction of sp³-hybridized carbons (Fsp3) is 0.130. The Balaban J connectivity index is 1.09. The number of hydrogen-bond acceptors (Lipinski definition) is 3. The molecule has 0 spiro atoms. The van der Waals surface area contributed by atoms with Gasteiger partial charge in [0.2, 0.25) is 0 Å². The van der Waals surface area contributed by atoms with E-state index in [4.69, 9.17) is 4.42 Å². The van der Waals surface area contributed by atoms with Crippen LogP contribution < -0.4 is 9.80 Å². The lowest BCUT2D eigenvalue weighted by Crippen LogP contribution is -2.23. The first-order valence-corrected chi connectivity index (χ1v) is 20.9.